The molecule has 2 N–H and O–H groups in total. The average Bonchev–Trinajstić information content (AvgIpc) is 2.71. The van der Waals surface area contributed by atoms with Crippen LogP contribution in [0.4, 0.5) is 11.4 Å². The van der Waals surface area contributed by atoms with Crippen LogP contribution in [0.3, 0.4) is 0 Å². The van der Waals surface area contributed by atoms with E-state index >= 15 is 0 Å². The molecule has 0 aliphatic carbocycles. The standard InChI is InChI=1S/C13H12Br2N2OS/c1-2-17(10-6-4-3-5-9(10)16)13(18)8-7-11(14)19-12(8)15/h3-7H,2,16H2,1H3. The molecular formula is C13H12Br2N2OS. The molecule has 6 heteroatoms. The van der Waals surface area contributed by atoms with E-state index in [4.69, 9.17) is 5.73 Å². The molecule has 100 valence electrons. The third kappa shape index (κ3) is 3.01. The van der Waals surface area contributed by atoms with Crippen LogP contribution >= 0.6 is 43.2 Å². The van der Waals surface area contributed by atoms with Gasteiger partial charge in [-0.3, -0.25) is 4.79 Å². The van der Waals surface area contributed by atoms with Crippen molar-refractivity contribution in [3.8, 4) is 0 Å². The number of carbonyl (C=O) groups is 1. The van der Waals surface area contributed by atoms with Crippen LogP contribution in [0.2, 0.25) is 0 Å². The Balaban J connectivity index is 2.41. The number of benzene rings is 1. The minimum absolute atomic E-state index is 0.0609. The smallest absolute Gasteiger partial charge is 0.260 e. The number of nitrogens with zero attached hydrogens (tertiary/aromatic N) is 1. The number of para-hydroxylation sites is 2. The normalized spacial score (nSPS) is 10.5. The van der Waals surface area contributed by atoms with Gasteiger partial charge in [-0.15, -0.1) is 11.3 Å². The summed E-state index contributed by atoms with van der Waals surface area (Å²) in [6, 6.07) is 9.20. The van der Waals surface area contributed by atoms with Gasteiger partial charge in [-0.05, 0) is 57.0 Å². The Labute approximate surface area is 132 Å². The molecule has 0 radical (unpaired) electrons. The summed E-state index contributed by atoms with van der Waals surface area (Å²) in [5, 5.41) is 0. The first-order valence-electron chi connectivity index (χ1n) is 5.65. The first kappa shape index (κ1) is 14.6. The molecule has 1 aromatic heterocycles. The van der Waals surface area contributed by atoms with Crippen LogP contribution in [-0.4, -0.2) is 12.5 Å². The monoisotopic (exact) mass is 402 g/mol. The SMILES string of the molecule is CCN(C(=O)c1cc(Br)sc1Br)c1ccccc1N. The molecular weight excluding hydrogens is 392 g/mol. The molecule has 2 aromatic rings. The zero-order valence-corrected chi connectivity index (χ0v) is 14.2. The van der Waals surface area contributed by atoms with E-state index in [0.29, 0.717) is 17.8 Å². The number of thiophene rings is 1. The van der Waals surface area contributed by atoms with Crippen LogP contribution in [0.1, 0.15) is 17.3 Å². The van der Waals surface area contributed by atoms with Crippen LogP contribution in [0.25, 0.3) is 0 Å². The lowest BCUT2D eigenvalue weighted by Gasteiger charge is -2.22. The van der Waals surface area contributed by atoms with Crippen molar-refractivity contribution in [1.82, 2.24) is 0 Å². The zero-order valence-electron chi connectivity index (χ0n) is 10.2. The second-order valence-corrected chi connectivity index (χ2v) is 7.60. The van der Waals surface area contributed by atoms with Gasteiger partial charge in [-0.25, -0.2) is 0 Å². The number of rotatable bonds is 3. The largest absolute Gasteiger partial charge is 0.397 e. The Morgan fingerprint density at radius 1 is 1.37 bits per heavy atom. The number of nitrogen functional groups attached to an aromatic ring is 1. The maximum atomic E-state index is 12.6. The Kier molecular flexibility index (Phi) is 4.65. The lowest BCUT2D eigenvalue weighted by atomic mass is 10.2. The number of nitrogens with two attached hydrogens (primary N) is 1. The summed E-state index contributed by atoms with van der Waals surface area (Å²) in [4.78, 5) is 14.3. The van der Waals surface area contributed by atoms with Crippen molar-refractivity contribution in [2.75, 3.05) is 17.2 Å². The van der Waals surface area contributed by atoms with Crippen molar-refractivity contribution >= 4 is 60.5 Å². The summed E-state index contributed by atoms with van der Waals surface area (Å²) >= 11 is 8.28. The highest BCUT2D eigenvalue weighted by Gasteiger charge is 2.21. The molecule has 1 heterocycles. The summed E-state index contributed by atoms with van der Waals surface area (Å²) in [7, 11) is 0. The molecule has 3 nitrogen and oxygen atoms in total. The highest BCUT2D eigenvalue weighted by atomic mass is 79.9. The Hall–Kier alpha value is -0.850. The fourth-order valence-electron chi connectivity index (χ4n) is 1.79. The van der Waals surface area contributed by atoms with Crippen LogP contribution in [0, 0.1) is 0 Å². The Morgan fingerprint density at radius 2 is 2.05 bits per heavy atom. The van der Waals surface area contributed by atoms with Crippen molar-refractivity contribution in [2.24, 2.45) is 0 Å². The van der Waals surface area contributed by atoms with Gasteiger partial charge in [-0.1, -0.05) is 12.1 Å². The number of anilines is 2. The average molecular weight is 404 g/mol. The Bertz CT molecular complexity index is 612. The van der Waals surface area contributed by atoms with E-state index < -0.39 is 0 Å². The minimum atomic E-state index is -0.0609. The summed E-state index contributed by atoms with van der Waals surface area (Å²) in [5.74, 6) is -0.0609. The summed E-state index contributed by atoms with van der Waals surface area (Å²) in [5.41, 5.74) is 7.92. The molecule has 0 aliphatic heterocycles. The van der Waals surface area contributed by atoms with Crippen LogP contribution in [0.15, 0.2) is 37.9 Å². The topological polar surface area (TPSA) is 46.3 Å². The van der Waals surface area contributed by atoms with Crippen LogP contribution in [0.5, 0.6) is 0 Å². The van der Waals surface area contributed by atoms with E-state index in [1.165, 1.54) is 11.3 Å². The molecule has 0 atom stereocenters. The number of hydrogen-bond acceptors (Lipinski definition) is 3. The molecule has 19 heavy (non-hydrogen) atoms. The first-order valence-corrected chi connectivity index (χ1v) is 8.06. The fourth-order valence-corrected chi connectivity index (χ4v) is 4.57. The predicted molar refractivity (Wildman–Crippen MR) is 87.9 cm³/mol. The maximum Gasteiger partial charge on any atom is 0.260 e. The van der Waals surface area contributed by atoms with Gasteiger partial charge >= 0.3 is 0 Å². The van der Waals surface area contributed by atoms with E-state index in [9.17, 15) is 4.79 Å². The summed E-state index contributed by atoms with van der Waals surface area (Å²) in [6.07, 6.45) is 0. The second kappa shape index (κ2) is 6.07. The molecule has 0 bridgehead atoms. The van der Waals surface area contributed by atoms with E-state index in [1.807, 2.05) is 31.2 Å². The van der Waals surface area contributed by atoms with Gasteiger partial charge in [0.05, 0.1) is 24.5 Å². The van der Waals surface area contributed by atoms with Gasteiger partial charge in [0.1, 0.15) is 0 Å². The zero-order chi connectivity index (χ0) is 14.0. The van der Waals surface area contributed by atoms with Crippen LogP contribution in [-0.2, 0) is 0 Å². The van der Waals surface area contributed by atoms with E-state index in [1.54, 1.807) is 11.0 Å². The van der Waals surface area contributed by atoms with E-state index in [2.05, 4.69) is 31.9 Å². The van der Waals surface area contributed by atoms with E-state index in [0.717, 1.165) is 13.3 Å². The van der Waals surface area contributed by atoms with Gasteiger partial charge < -0.3 is 10.6 Å². The molecule has 0 saturated heterocycles. The van der Waals surface area contributed by atoms with Crippen molar-refractivity contribution in [2.45, 2.75) is 6.92 Å². The number of hydrogen-bond donors (Lipinski definition) is 1. The third-order valence-electron chi connectivity index (χ3n) is 2.68. The fraction of sp³-hybridized carbons (Fsp3) is 0.154. The van der Waals surface area contributed by atoms with Gasteiger partial charge in [0.25, 0.3) is 5.91 Å². The van der Waals surface area contributed by atoms with Gasteiger partial charge in [0, 0.05) is 6.54 Å². The lowest BCUT2D eigenvalue weighted by Crippen LogP contribution is -2.31. The predicted octanol–water partition coefficient (Wildman–Crippen LogP) is 4.52. The van der Waals surface area contributed by atoms with Crippen LogP contribution < -0.4 is 10.6 Å². The maximum absolute atomic E-state index is 12.6. The van der Waals surface area contributed by atoms with Gasteiger partial charge in [0.2, 0.25) is 0 Å². The molecule has 0 spiro atoms. The number of carbonyl (C=O) groups excluding carboxylic acids is 1. The molecule has 1 aromatic carbocycles. The van der Waals surface area contributed by atoms with Gasteiger partial charge in [0.15, 0.2) is 0 Å². The van der Waals surface area contributed by atoms with Crippen molar-refractivity contribution in [3.05, 3.63) is 43.5 Å². The number of amides is 1. The molecule has 0 fully saturated rings. The molecule has 1 amide bonds. The first-order chi connectivity index (χ1) is 9.04. The second-order valence-electron chi connectivity index (χ2n) is 3.85. The highest BCUT2D eigenvalue weighted by Crippen LogP contribution is 2.34. The highest BCUT2D eigenvalue weighted by molar-refractivity contribution is 9.12. The van der Waals surface area contributed by atoms with Crippen molar-refractivity contribution in [3.63, 3.8) is 0 Å². The Morgan fingerprint density at radius 3 is 2.58 bits per heavy atom. The summed E-state index contributed by atoms with van der Waals surface area (Å²) in [6.45, 7) is 2.49. The molecule has 0 saturated carbocycles. The number of halogens is 2. The quantitative estimate of drug-likeness (QED) is 0.765. The van der Waals surface area contributed by atoms with E-state index in [-0.39, 0.29) is 5.91 Å². The molecule has 2 rings (SSSR count). The summed E-state index contributed by atoms with van der Waals surface area (Å²) < 4.78 is 1.73. The lowest BCUT2D eigenvalue weighted by molar-refractivity contribution is 0.0988. The van der Waals surface area contributed by atoms with Crippen molar-refractivity contribution < 1.29 is 4.79 Å². The van der Waals surface area contributed by atoms with Gasteiger partial charge in [-0.2, -0.15) is 0 Å². The molecule has 0 aliphatic rings. The minimum Gasteiger partial charge on any atom is -0.397 e. The molecule has 0 unspecified atom stereocenters. The van der Waals surface area contributed by atoms with Crippen molar-refractivity contribution in [1.29, 1.82) is 0 Å². The third-order valence-corrected chi connectivity index (χ3v) is 5.02.